The van der Waals surface area contributed by atoms with E-state index >= 15 is 0 Å². The third-order valence-electron chi connectivity index (χ3n) is 4.42. The minimum Gasteiger partial charge on any atom is -0.478 e. The number of rotatable bonds is 5. The summed E-state index contributed by atoms with van der Waals surface area (Å²) in [5.41, 5.74) is 9.76. The molecule has 0 spiro atoms. The van der Waals surface area contributed by atoms with Crippen molar-refractivity contribution in [2.75, 3.05) is 11.1 Å². The molecule has 0 aliphatic rings. The minimum absolute atomic E-state index is 0.233. The number of hydrogen-bond acceptors (Lipinski definition) is 6. The van der Waals surface area contributed by atoms with Crippen LogP contribution in [0.4, 0.5) is 11.5 Å². The molecule has 4 rings (SSSR count). The zero-order valence-corrected chi connectivity index (χ0v) is 16.0. The largest absolute Gasteiger partial charge is 0.478 e. The summed E-state index contributed by atoms with van der Waals surface area (Å²) in [5.74, 6) is 0.353. The maximum atomic E-state index is 11.1. The van der Waals surface area contributed by atoms with E-state index in [4.69, 9.17) is 15.8 Å². The molecule has 0 saturated carbocycles. The van der Waals surface area contributed by atoms with Gasteiger partial charge in [0.2, 0.25) is 0 Å². The first-order chi connectivity index (χ1) is 13.5. The number of fused-ring (bicyclic) bond motifs is 1. The number of nitrogens with zero attached hydrogens (tertiary/aromatic N) is 2. The van der Waals surface area contributed by atoms with Crippen LogP contribution in [0.25, 0.3) is 21.6 Å². The normalized spacial score (nSPS) is 10.9. The predicted octanol–water partition coefficient (Wildman–Crippen LogP) is 4.56. The monoisotopic (exact) mass is 390 g/mol. The highest BCUT2D eigenvalue weighted by Crippen LogP contribution is 2.32. The van der Waals surface area contributed by atoms with Gasteiger partial charge in [-0.3, -0.25) is 0 Å². The molecule has 6 nitrogen and oxygen atoms in total. The van der Waals surface area contributed by atoms with Crippen molar-refractivity contribution in [2.24, 2.45) is 0 Å². The lowest BCUT2D eigenvalue weighted by atomic mass is 10.1. The molecule has 7 heteroatoms. The molecule has 0 radical (unpaired) electrons. The van der Waals surface area contributed by atoms with Crippen LogP contribution in [0, 0.1) is 6.92 Å². The van der Waals surface area contributed by atoms with Gasteiger partial charge in [-0.2, -0.15) is 0 Å². The summed E-state index contributed by atoms with van der Waals surface area (Å²) in [6.45, 7) is 2.62. The third-order valence-corrected chi connectivity index (χ3v) is 5.41. The van der Waals surface area contributed by atoms with Gasteiger partial charge in [-0.15, -0.1) is 11.3 Å². The smallest absolute Gasteiger partial charge is 0.335 e. The number of carbonyl (C=O) groups is 1. The van der Waals surface area contributed by atoms with E-state index in [0.29, 0.717) is 12.4 Å². The number of thiophene rings is 1. The van der Waals surface area contributed by atoms with Crippen molar-refractivity contribution in [1.82, 2.24) is 9.97 Å². The highest BCUT2D eigenvalue weighted by atomic mass is 32.1. The van der Waals surface area contributed by atoms with Crippen LogP contribution in [0.2, 0.25) is 0 Å². The fraction of sp³-hybridized carbons (Fsp3) is 0.0952. The lowest BCUT2D eigenvalue weighted by Gasteiger charge is -2.10. The van der Waals surface area contributed by atoms with Crippen LogP contribution in [-0.2, 0) is 6.54 Å². The van der Waals surface area contributed by atoms with Gasteiger partial charge < -0.3 is 16.2 Å². The van der Waals surface area contributed by atoms with Crippen molar-refractivity contribution >= 4 is 39.0 Å². The summed E-state index contributed by atoms with van der Waals surface area (Å²) in [4.78, 5) is 21.4. The van der Waals surface area contributed by atoms with Gasteiger partial charge in [0.05, 0.1) is 10.9 Å². The number of nitrogen functional groups attached to an aromatic ring is 1. The lowest BCUT2D eigenvalue weighted by Crippen LogP contribution is -2.04. The maximum Gasteiger partial charge on any atom is 0.335 e. The van der Waals surface area contributed by atoms with Crippen LogP contribution in [-0.4, -0.2) is 21.0 Å². The molecule has 0 amide bonds. The second-order valence-corrected chi connectivity index (χ2v) is 7.33. The van der Waals surface area contributed by atoms with Gasteiger partial charge in [-0.05, 0) is 47.7 Å². The van der Waals surface area contributed by atoms with Gasteiger partial charge >= 0.3 is 5.97 Å². The molecule has 0 atom stereocenters. The highest BCUT2D eigenvalue weighted by molar-refractivity contribution is 7.17. The van der Waals surface area contributed by atoms with Crippen molar-refractivity contribution < 1.29 is 9.90 Å². The number of anilines is 2. The standard InChI is InChI=1S/C21H18N4O2S/c1-12-11-28-20-17(12)19(23-10-13-3-2-4-16(22)9-13)24-18(25-20)14-5-7-15(8-6-14)21(26)27/h2-9,11H,10,22H2,1H3,(H,26,27)(H,23,24,25). The Labute approximate surface area is 165 Å². The first-order valence-corrected chi connectivity index (χ1v) is 9.57. The van der Waals surface area contributed by atoms with Crippen LogP contribution >= 0.6 is 11.3 Å². The zero-order valence-electron chi connectivity index (χ0n) is 15.1. The molecular weight excluding hydrogens is 372 g/mol. The van der Waals surface area contributed by atoms with Crippen LogP contribution in [0.5, 0.6) is 0 Å². The van der Waals surface area contributed by atoms with Gasteiger partial charge in [-0.1, -0.05) is 24.3 Å². The second-order valence-electron chi connectivity index (χ2n) is 6.48. The van der Waals surface area contributed by atoms with Crippen LogP contribution < -0.4 is 11.1 Å². The SMILES string of the molecule is Cc1csc2nc(-c3ccc(C(=O)O)cc3)nc(NCc3cccc(N)c3)c12. The van der Waals surface area contributed by atoms with Crippen LogP contribution in [0.3, 0.4) is 0 Å². The molecule has 2 aromatic heterocycles. The number of carboxylic acids is 1. The van der Waals surface area contributed by atoms with E-state index < -0.39 is 5.97 Å². The summed E-state index contributed by atoms with van der Waals surface area (Å²) in [5, 5.41) is 15.5. The van der Waals surface area contributed by atoms with E-state index in [0.717, 1.165) is 38.4 Å². The van der Waals surface area contributed by atoms with Crippen LogP contribution in [0.1, 0.15) is 21.5 Å². The molecule has 2 aromatic carbocycles. The molecule has 0 saturated heterocycles. The summed E-state index contributed by atoms with van der Waals surface area (Å²) in [6, 6.07) is 14.3. The van der Waals surface area contributed by atoms with E-state index in [1.165, 1.54) is 0 Å². The first kappa shape index (κ1) is 17.9. The molecule has 140 valence electrons. The molecular formula is C21H18N4O2S. The summed E-state index contributed by atoms with van der Waals surface area (Å²) >= 11 is 1.56. The van der Waals surface area contributed by atoms with Crippen molar-refractivity contribution in [2.45, 2.75) is 13.5 Å². The lowest BCUT2D eigenvalue weighted by molar-refractivity contribution is 0.0697. The van der Waals surface area contributed by atoms with Crippen molar-refractivity contribution in [1.29, 1.82) is 0 Å². The van der Waals surface area contributed by atoms with Crippen molar-refractivity contribution in [3.63, 3.8) is 0 Å². The van der Waals surface area contributed by atoms with Crippen LogP contribution in [0.15, 0.2) is 53.9 Å². The second kappa shape index (κ2) is 7.28. The highest BCUT2D eigenvalue weighted by Gasteiger charge is 2.14. The average molecular weight is 390 g/mol. The molecule has 4 N–H and O–H groups in total. The van der Waals surface area contributed by atoms with E-state index in [1.807, 2.05) is 31.2 Å². The third kappa shape index (κ3) is 3.52. The Bertz CT molecular complexity index is 1170. The Balaban J connectivity index is 1.72. The molecule has 0 fully saturated rings. The molecule has 0 bridgehead atoms. The number of carboxylic acid groups (broad SMARTS) is 1. The first-order valence-electron chi connectivity index (χ1n) is 8.69. The van der Waals surface area contributed by atoms with E-state index in [1.54, 1.807) is 35.6 Å². The van der Waals surface area contributed by atoms with E-state index in [-0.39, 0.29) is 5.56 Å². The Hall–Kier alpha value is -3.45. The Kier molecular flexibility index (Phi) is 4.67. The van der Waals surface area contributed by atoms with Gasteiger partial charge in [0.25, 0.3) is 0 Å². The summed E-state index contributed by atoms with van der Waals surface area (Å²) in [7, 11) is 0. The fourth-order valence-corrected chi connectivity index (χ4v) is 3.91. The summed E-state index contributed by atoms with van der Waals surface area (Å²) in [6.07, 6.45) is 0. The molecule has 28 heavy (non-hydrogen) atoms. The number of nitrogens with two attached hydrogens (primary N) is 1. The summed E-state index contributed by atoms with van der Waals surface area (Å²) < 4.78 is 0. The van der Waals surface area contributed by atoms with Gasteiger partial charge in [0.15, 0.2) is 5.82 Å². The van der Waals surface area contributed by atoms with Crippen molar-refractivity contribution in [3.8, 4) is 11.4 Å². The Morgan fingerprint density at radius 2 is 1.96 bits per heavy atom. The molecule has 0 aliphatic heterocycles. The van der Waals surface area contributed by atoms with Gasteiger partial charge in [0, 0.05) is 17.8 Å². The average Bonchev–Trinajstić information content (AvgIpc) is 3.07. The molecule has 0 aliphatic carbocycles. The Morgan fingerprint density at radius 3 is 2.68 bits per heavy atom. The number of aromatic nitrogens is 2. The Morgan fingerprint density at radius 1 is 1.18 bits per heavy atom. The predicted molar refractivity (Wildman–Crippen MR) is 113 cm³/mol. The number of aryl methyl sites for hydroxylation is 1. The van der Waals surface area contributed by atoms with E-state index in [9.17, 15) is 4.79 Å². The number of benzene rings is 2. The van der Waals surface area contributed by atoms with Gasteiger partial charge in [-0.25, -0.2) is 14.8 Å². The number of nitrogens with one attached hydrogen (secondary N) is 1. The molecule has 2 heterocycles. The number of aromatic carboxylic acids is 1. The maximum absolute atomic E-state index is 11.1. The topological polar surface area (TPSA) is 101 Å². The van der Waals surface area contributed by atoms with Crippen molar-refractivity contribution in [3.05, 3.63) is 70.6 Å². The molecule has 4 aromatic rings. The van der Waals surface area contributed by atoms with Gasteiger partial charge in [0.1, 0.15) is 10.6 Å². The quantitative estimate of drug-likeness (QED) is 0.432. The zero-order chi connectivity index (χ0) is 19.7. The molecule has 0 unspecified atom stereocenters. The number of hydrogen-bond donors (Lipinski definition) is 3. The minimum atomic E-state index is -0.957. The fourth-order valence-electron chi connectivity index (χ4n) is 2.99. The van der Waals surface area contributed by atoms with E-state index in [2.05, 4.69) is 15.7 Å².